The molecule has 1 saturated carbocycles. The third-order valence-electron chi connectivity index (χ3n) is 2.23. The summed E-state index contributed by atoms with van der Waals surface area (Å²) in [6, 6.07) is 0. The first-order chi connectivity index (χ1) is 4.86. The van der Waals surface area contributed by atoms with Crippen molar-refractivity contribution in [3.8, 4) is 0 Å². The van der Waals surface area contributed by atoms with Gasteiger partial charge in [-0.05, 0) is 25.2 Å². The van der Waals surface area contributed by atoms with E-state index >= 15 is 0 Å². The van der Waals surface area contributed by atoms with Crippen LogP contribution in [0, 0.1) is 5.92 Å². The van der Waals surface area contributed by atoms with Gasteiger partial charge in [0.05, 0.1) is 6.10 Å². The molecule has 2 heteroatoms. The van der Waals surface area contributed by atoms with Gasteiger partial charge in [0.15, 0.2) is 0 Å². The Morgan fingerprint density at radius 3 is 2.60 bits per heavy atom. The molecule has 1 rings (SSSR count). The van der Waals surface area contributed by atoms with E-state index in [2.05, 4.69) is 0 Å². The van der Waals surface area contributed by atoms with Crippen LogP contribution >= 0.6 is 0 Å². The van der Waals surface area contributed by atoms with Crippen LogP contribution in [0.5, 0.6) is 0 Å². The van der Waals surface area contributed by atoms with Gasteiger partial charge in [-0.25, -0.2) is 0 Å². The predicted octanol–water partition coefficient (Wildman–Crippen LogP) is 1.45. The highest BCUT2D eigenvalue weighted by Crippen LogP contribution is 2.27. The smallest absolute Gasteiger partial charge is 0.0575 e. The minimum absolute atomic E-state index is 0.500. The maximum Gasteiger partial charge on any atom is 0.0575 e. The molecule has 0 N–H and O–H groups in total. The van der Waals surface area contributed by atoms with Gasteiger partial charge in [0.1, 0.15) is 0 Å². The minimum Gasteiger partial charge on any atom is -0.384 e. The van der Waals surface area contributed by atoms with Crippen LogP contribution in [0.1, 0.15) is 19.3 Å². The van der Waals surface area contributed by atoms with E-state index in [1.165, 1.54) is 19.3 Å². The van der Waals surface area contributed by atoms with E-state index in [1.807, 2.05) is 0 Å². The molecular formula is C8H16O2. The van der Waals surface area contributed by atoms with Crippen LogP contribution in [0.15, 0.2) is 0 Å². The van der Waals surface area contributed by atoms with E-state index in [4.69, 9.17) is 9.47 Å². The lowest BCUT2D eigenvalue weighted by atomic mass is 10.1. The van der Waals surface area contributed by atoms with Crippen molar-refractivity contribution in [2.75, 3.05) is 20.8 Å². The monoisotopic (exact) mass is 144 g/mol. The first-order valence-corrected chi connectivity index (χ1v) is 3.88. The predicted molar refractivity (Wildman–Crippen MR) is 40.0 cm³/mol. The van der Waals surface area contributed by atoms with E-state index in [9.17, 15) is 0 Å². The molecule has 1 aliphatic carbocycles. The quantitative estimate of drug-likeness (QED) is 0.597. The maximum absolute atomic E-state index is 5.23. The van der Waals surface area contributed by atoms with Crippen molar-refractivity contribution < 1.29 is 9.47 Å². The summed E-state index contributed by atoms with van der Waals surface area (Å²) in [5, 5.41) is 0. The second-order valence-corrected chi connectivity index (χ2v) is 2.99. The molecule has 0 spiro atoms. The molecule has 1 fully saturated rings. The molecule has 2 unspecified atom stereocenters. The zero-order valence-corrected chi connectivity index (χ0v) is 6.80. The number of hydrogen-bond donors (Lipinski definition) is 0. The van der Waals surface area contributed by atoms with Crippen LogP contribution in [-0.4, -0.2) is 26.9 Å². The van der Waals surface area contributed by atoms with Crippen LogP contribution in [0.3, 0.4) is 0 Å². The Balaban J connectivity index is 2.15. The van der Waals surface area contributed by atoms with Crippen LogP contribution in [0.4, 0.5) is 0 Å². The zero-order chi connectivity index (χ0) is 7.40. The summed E-state index contributed by atoms with van der Waals surface area (Å²) in [5.74, 6) is 0.745. The van der Waals surface area contributed by atoms with Crippen LogP contribution < -0.4 is 0 Å². The number of rotatable bonds is 3. The summed E-state index contributed by atoms with van der Waals surface area (Å²) < 4.78 is 10.3. The summed E-state index contributed by atoms with van der Waals surface area (Å²) in [6.07, 6.45) is 4.17. The van der Waals surface area contributed by atoms with Gasteiger partial charge in [-0.3, -0.25) is 0 Å². The first kappa shape index (κ1) is 8.02. The van der Waals surface area contributed by atoms with Gasteiger partial charge in [0, 0.05) is 20.8 Å². The number of hydrogen-bond acceptors (Lipinski definition) is 2. The summed E-state index contributed by atoms with van der Waals surface area (Å²) in [7, 11) is 3.56. The average molecular weight is 144 g/mol. The fourth-order valence-electron chi connectivity index (χ4n) is 1.63. The van der Waals surface area contributed by atoms with E-state index in [0.29, 0.717) is 6.10 Å². The standard InChI is InChI=1S/C8H16O2/c1-9-6-7-3-4-8(5-7)10-2/h7-8H,3-6H2,1-2H3. The molecule has 10 heavy (non-hydrogen) atoms. The Labute approximate surface area is 62.5 Å². The molecule has 0 radical (unpaired) electrons. The Hall–Kier alpha value is -0.0800. The summed E-state index contributed by atoms with van der Waals surface area (Å²) in [4.78, 5) is 0. The molecule has 0 aromatic heterocycles. The van der Waals surface area contributed by atoms with Crippen molar-refractivity contribution in [1.82, 2.24) is 0 Å². The SMILES string of the molecule is COCC1CCC(OC)C1. The van der Waals surface area contributed by atoms with Crippen LogP contribution in [-0.2, 0) is 9.47 Å². The highest BCUT2D eigenvalue weighted by atomic mass is 16.5. The highest BCUT2D eigenvalue weighted by Gasteiger charge is 2.23. The van der Waals surface area contributed by atoms with Crippen molar-refractivity contribution in [2.24, 2.45) is 5.92 Å². The first-order valence-electron chi connectivity index (χ1n) is 3.88. The van der Waals surface area contributed by atoms with Gasteiger partial charge in [-0.15, -0.1) is 0 Å². The normalized spacial score (nSPS) is 33.0. The number of ether oxygens (including phenoxy) is 2. The van der Waals surface area contributed by atoms with E-state index < -0.39 is 0 Å². The molecule has 0 heterocycles. The molecule has 0 aromatic carbocycles. The molecule has 2 nitrogen and oxygen atoms in total. The van der Waals surface area contributed by atoms with E-state index in [1.54, 1.807) is 14.2 Å². The van der Waals surface area contributed by atoms with Crippen molar-refractivity contribution >= 4 is 0 Å². The minimum atomic E-state index is 0.500. The van der Waals surface area contributed by atoms with Gasteiger partial charge >= 0.3 is 0 Å². The van der Waals surface area contributed by atoms with E-state index in [0.717, 1.165) is 12.5 Å². The Morgan fingerprint density at radius 1 is 1.30 bits per heavy atom. The summed E-state index contributed by atoms with van der Waals surface area (Å²) in [6.45, 7) is 0.903. The second-order valence-electron chi connectivity index (χ2n) is 2.99. The molecule has 0 aromatic rings. The van der Waals surface area contributed by atoms with Crippen molar-refractivity contribution in [2.45, 2.75) is 25.4 Å². The maximum atomic E-state index is 5.23. The Morgan fingerprint density at radius 2 is 2.10 bits per heavy atom. The Kier molecular flexibility index (Phi) is 3.16. The molecule has 0 bridgehead atoms. The summed E-state index contributed by atoms with van der Waals surface area (Å²) >= 11 is 0. The molecule has 1 aliphatic rings. The van der Waals surface area contributed by atoms with Gasteiger partial charge in [-0.1, -0.05) is 0 Å². The van der Waals surface area contributed by atoms with Gasteiger partial charge < -0.3 is 9.47 Å². The zero-order valence-electron chi connectivity index (χ0n) is 6.80. The fraction of sp³-hybridized carbons (Fsp3) is 1.00. The second kappa shape index (κ2) is 3.94. The van der Waals surface area contributed by atoms with Crippen LogP contribution in [0.2, 0.25) is 0 Å². The highest BCUT2D eigenvalue weighted by molar-refractivity contribution is 4.75. The van der Waals surface area contributed by atoms with Crippen LogP contribution in [0.25, 0.3) is 0 Å². The average Bonchev–Trinajstić information content (AvgIpc) is 2.37. The van der Waals surface area contributed by atoms with Gasteiger partial charge in [0.2, 0.25) is 0 Å². The lowest BCUT2D eigenvalue weighted by molar-refractivity contribution is 0.0947. The third kappa shape index (κ3) is 1.96. The molecule has 0 aliphatic heterocycles. The lowest BCUT2D eigenvalue weighted by Gasteiger charge is -2.07. The fourth-order valence-corrected chi connectivity index (χ4v) is 1.63. The third-order valence-corrected chi connectivity index (χ3v) is 2.23. The molecule has 60 valence electrons. The Bertz CT molecular complexity index is 93.3. The largest absolute Gasteiger partial charge is 0.384 e. The molecule has 2 atom stereocenters. The molecule has 0 saturated heterocycles. The lowest BCUT2D eigenvalue weighted by Crippen LogP contribution is -2.07. The van der Waals surface area contributed by atoms with Crippen molar-refractivity contribution in [1.29, 1.82) is 0 Å². The summed E-state index contributed by atoms with van der Waals surface area (Å²) in [5.41, 5.74) is 0. The van der Waals surface area contributed by atoms with Crippen molar-refractivity contribution in [3.63, 3.8) is 0 Å². The van der Waals surface area contributed by atoms with E-state index in [-0.39, 0.29) is 0 Å². The van der Waals surface area contributed by atoms with Gasteiger partial charge in [-0.2, -0.15) is 0 Å². The van der Waals surface area contributed by atoms with Crippen molar-refractivity contribution in [3.05, 3.63) is 0 Å². The number of methoxy groups -OCH3 is 2. The topological polar surface area (TPSA) is 18.5 Å². The molecule has 0 amide bonds. The molecular weight excluding hydrogens is 128 g/mol. The van der Waals surface area contributed by atoms with Gasteiger partial charge in [0.25, 0.3) is 0 Å².